The maximum absolute atomic E-state index is 6.38. The Morgan fingerprint density at radius 3 is 1.39 bits per heavy atom. The van der Waals surface area contributed by atoms with Crippen LogP contribution in [0, 0.1) is 0 Å². The number of hydrogen-bond acceptors (Lipinski definition) is 1. The first-order valence-corrected chi connectivity index (χ1v) is 15.0. The molecule has 0 fully saturated rings. The van der Waals surface area contributed by atoms with Crippen molar-refractivity contribution in [3.63, 3.8) is 0 Å². The van der Waals surface area contributed by atoms with Gasteiger partial charge in [0.25, 0.3) is 0 Å². The van der Waals surface area contributed by atoms with Gasteiger partial charge < -0.3 is 8.98 Å². The largest absolute Gasteiger partial charge is 0.455 e. The Kier molecular flexibility index (Phi) is 5.54. The molecule has 2 heteroatoms. The van der Waals surface area contributed by atoms with Crippen molar-refractivity contribution in [3.05, 3.63) is 164 Å². The Bertz CT molecular complexity index is 2500. The summed E-state index contributed by atoms with van der Waals surface area (Å²) in [5, 5.41) is 9.61. The van der Waals surface area contributed by atoms with E-state index in [0.717, 1.165) is 49.8 Å². The lowest BCUT2D eigenvalue weighted by molar-refractivity contribution is 0.670. The SMILES string of the molecule is c1ccc2c(c1)oc1c(-c3ccc(-n4c5ccccc5c5ccccc5c5ccccc5c5ccccc54)cc3)cccc12. The fraction of sp³-hybridized carbons (Fsp3) is 0. The predicted octanol–water partition coefficient (Wildman–Crippen LogP) is 11.8. The second kappa shape index (κ2) is 9.86. The maximum Gasteiger partial charge on any atom is 0.143 e. The van der Waals surface area contributed by atoms with Crippen LogP contribution in [0.3, 0.4) is 0 Å². The van der Waals surface area contributed by atoms with Crippen LogP contribution < -0.4 is 0 Å². The molecular formula is C42H27NO. The lowest BCUT2D eigenvalue weighted by Crippen LogP contribution is -1.97. The van der Waals surface area contributed by atoms with Crippen molar-refractivity contribution >= 4 is 65.3 Å². The summed E-state index contributed by atoms with van der Waals surface area (Å²) in [6.45, 7) is 0. The van der Waals surface area contributed by atoms with Crippen LogP contribution >= 0.6 is 0 Å². The van der Waals surface area contributed by atoms with Gasteiger partial charge in [0.05, 0.1) is 11.0 Å². The Balaban J connectivity index is 1.38. The zero-order valence-electron chi connectivity index (χ0n) is 23.9. The highest BCUT2D eigenvalue weighted by atomic mass is 16.3. The number of aromatic nitrogens is 1. The van der Waals surface area contributed by atoms with Crippen LogP contribution in [0.5, 0.6) is 0 Å². The van der Waals surface area contributed by atoms with Crippen LogP contribution in [0.4, 0.5) is 0 Å². The fourth-order valence-electron chi connectivity index (χ4n) is 6.87. The molecule has 0 aliphatic heterocycles. The quantitative estimate of drug-likeness (QED) is 0.205. The van der Waals surface area contributed by atoms with Crippen LogP contribution in [0.1, 0.15) is 0 Å². The highest BCUT2D eigenvalue weighted by Crippen LogP contribution is 2.37. The molecule has 44 heavy (non-hydrogen) atoms. The number of benzene rings is 7. The van der Waals surface area contributed by atoms with Crippen LogP contribution in [0.15, 0.2) is 168 Å². The van der Waals surface area contributed by atoms with E-state index in [1.165, 1.54) is 32.3 Å². The second-order valence-electron chi connectivity index (χ2n) is 11.3. The van der Waals surface area contributed by atoms with Crippen molar-refractivity contribution < 1.29 is 4.42 Å². The van der Waals surface area contributed by atoms with E-state index in [9.17, 15) is 0 Å². The third-order valence-electron chi connectivity index (χ3n) is 8.86. The van der Waals surface area contributed by atoms with E-state index in [1.807, 2.05) is 12.1 Å². The molecule has 0 N–H and O–H groups in total. The van der Waals surface area contributed by atoms with Gasteiger partial charge >= 0.3 is 0 Å². The van der Waals surface area contributed by atoms with Gasteiger partial charge in [-0.3, -0.25) is 0 Å². The molecule has 2 nitrogen and oxygen atoms in total. The van der Waals surface area contributed by atoms with E-state index < -0.39 is 0 Å². The van der Waals surface area contributed by atoms with E-state index in [0.29, 0.717) is 0 Å². The molecule has 0 bridgehead atoms. The Morgan fingerprint density at radius 2 is 0.795 bits per heavy atom. The standard InChI is InChI=1S/C42H27NO/c1-3-14-33-31(12-1)32-13-2-4-15-34(32)36-17-6-9-22-40(36)43(39-21-8-5-16-35(33)39)29-26-24-28(25-27-29)30-19-11-20-38-37-18-7-10-23-41(37)44-42(30)38/h1-27H. The minimum Gasteiger partial charge on any atom is -0.455 e. The average molecular weight is 562 g/mol. The number of para-hydroxylation sites is 4. The molecule has 2 heterocycles. The van der Waals surface area contributed by atoms with Crippen molar-refractivity contribution in [1.82, 2.24) is 4.57 Å². The first-order valence-electron chi connectivity index (χ1n) is 15.0. The topological polar surface area (TPSA) is 18.1 Å². The maximum atomic E-state index is 6.38. The molecule has 206 valence electrons. The predicted molar refractivity (Wildman–Crippen MR) is 186 cm³/mol. The molecule has 0 aliphatic rings. The lowest BCUT2D eigenvalue weighted by atomic mass is 10.0. The molecule has 0 radical (unpaired) electrons. The number of hydrogen-bond donors (Lipinski definition) is 0. The summed E-state index contributed by atoms with van der Waals surface area (Å²) in [6.07, 6.45) is 0. The molecule has 2 aromatic heterocycles. The summed E-state index contributed by atoms with van der Waals surface area (Å²) < 4.78 is 8.79. The van der Waals surface area contributed by atoms with E-state index in [2.05, 4.69) is 156 Å². The number of rotatable bonds is 2. The van der Waals surface area contributed by atoms with Crippen molar-refractivity contribution in [3.8, 4) is 16.8 Å². The molecule has 0 atom stereocenters. The molecule has 0 spiro atoms. The summed E-state index contributed by atoms with van der Waals surface area (Å²) in [5.41, 5.74) is 7.45. The molecule has 0 amide bonds. The van der Waals surface area contributed by atoms with Crippen LogP contribution in [0.2, 0.25) is 0 Å². The van der Waals surface area contributed by atoms with E-state index in [1.54, 1.807) is 0 Å². The van der Waals surface area contributed by atoms with Gasteiger partial charge in [0.15, 0.2) is 0 Å². The minimum atomic E-state index is 0.914. The highest BCUT2D eigenvalue weighted by Gasteiger charge is 2.13. The normalized spacial score (nSPS) is 11.6. The van der Waals surface area contributed by atoms with Gasteiger partial charge in [0, 0.05) is 32.8 Å². The first kappa shape index (κ1) is 24.7. The van der Waals surface area contributed by atoms with E-state index in [-0.39, 0.29) is 0 Å². The third kappa shape index (κ3) is 3.75. The Hall–Kier alpha value is -5.86. The van der Waals surface area contributed by atoms with Crippen LogP contribution in [-0.4, -0.2) is 4.57 Å². The molecule has 7 aromatic carbocycles. The summed E-state index contributed by atoms with van der Waals surface area (Å²) >= 11 is 0. The van der Waals surface area contributed by atoms with Gasteiger partial charge in [0.1, 0.15) is 11.2 Å². The molecule has 0 unspecified atom stereocenters. The van der Waals surface area contributed by atoms with Crippen molar-refractivity contribution in [2.45, 2.75) is 0 Å². The highest BCUT2D eigenvalue weighted by molar-refractivity contribution is 6.19. The summed E-state index contributed by atoms with van der Waals surface area (Å²) in [6, 6.07) is 58.7. The summed E-state index contributed by atoms with van der Waals surface area (Å²) in [5.74, 6) is 0. The number of fused-ring (bicyclic) bond motifs is 10. The van der Waals surface area contributed by atoms with Crippen LogP contribution in [0.25, 0.3) is 82.1 Å². The molecule has 0 saturated carbocycles. The Morgan fingerprint density at radius 1 is 0.341 bits per heavy atom. The van der Waals surface area contributed by atoms with E-state index in [4.69, 9.17) is 4.42 Å². The second-order valence-corrected chi connectivity index (χ2v) is 11.3. The van der Waals surface area contributed by atoms with Crippen molar-refractivity contribution in [2.24, 2.45) is 0 Å². The average Bonchev–Trinajstić information content (AvgIpc) is 3.49. The smallest absolute Gasteiger partial charge is 0.143 e. The summed E-state index contributed by atoms with van der Waals surface area (Å²) in [4.78, 5) is 0. The molecular weight excluding hydrogens is 534 g/mol. The third-order valence-corrected chi connectivity index (χ3v) is 8.86. The number of furan rings is 1. The zero-order chi connectivity index (χ0) is 29.0. The van der Waals surface area contributed by atoms with Gasteiger partial charge in [-0.05, 0) is 57.4 Å². The first-order chi connectivity index (χ1) is 21.8. The van der Waals surface area contributed by atoms with E-state index >= 15 is 0 Å². The zero-order valence-corrected chi connectivity index (χ0v) is 23.9. The molecule has 9 rings (SSSR count). The van der Waals surface area contributed by atoms with Gasteiger partial charge in [-0.25, -0.2) is 0 Å². The van der Waals surface area contributed by atoms with Gasteiger partial charge in [-0.2, -0.15) is 0 Å². The minimum absolute atomic E-state index is 0.914. The summed E-state index contributed by atoms with van der Waals surface area (Å²) in [7, 11) is 0. The molecule has 9 aromatic rings. The van der Waals surface area contributed by atoms with Gasteiger partial charge in [0.2, 0.25) is 0 Å². The van der Waals surface area contributed by atoms with Crippen LogP contribution in [-0.2, 0) is 0 Å². The molecule has 0 aliphatic carbocycles. The lowest BCUT2D eigenvalue weighted by Gasteiger charge is -2.14. The number of nitrogens with zero attached hydrogens (tertiary/aromatic N) is 1. The van der Waals surface area contributed by atoms with Crippen molar-refractivity contribution in [1.29, 1.82) is 0 Å². The van der Waals surface area contributed by atoms with Crippen molar-refractivity contribution in [2.75, 3.05) is 0 Å². The molecule has 0 saturated heterocycles. The van der Waals surface area contributed by atoms with Gasteiger partial charge in [-0.15, -0.1) is 0 Å². The Labute approximate surface area is 254 Å². The van der Waals surface area contributed by atoms with Gasteiger partial charge in [-0.1, -0.05) is 133 Å². The monoisotopic (exact) mass is 561 g/mol. The fourth-order valence-corrected chi connectivity index (χ4v) is 6.87.